The second kappa shape index (κ2) is 9.60. The molecule has 232 valence electrons. The molecule has 1 saturated heterocycles. The molecule has 7 rings (SSSR count). The van der Waals surface area contributed by atoms with Crippen LogP contribution in [-0.4, -0.2) is 104 Å². The average molecular weight is 587 g/mol. The molecule has 6 aliphatic rings. The second-order valence-corrected chi connectivity index (χ2v) is 13.9. The number of likely N-dealkylation sites (tertiary alicyclic amines) is 1. The molecular formula is C32H46N2O8. The topological polar surface area (TPSA) is 133 Å². The van der Waals surface area contributed by atoms with Crippen molar-refractivity contribution < 1.29 is 38.7 Å². The third kappa shape index (κ3) is 3.17. The van der Waals surface area contributed by atoms with E-state index in [0.717, 1.165) is 12.8 Å². The Morgan fingerprint density at radius 3 is 2.50 bits per heavy atom. The molecule has 6 fully saturated rings. The predicted octanol–water partition coefficient (Wildman–Crippen LogP) is 1.86. The van der Waals surface area contributed by atoms with Crippen molar-refractivity contribution in [3.63, 3.8) is 0 Å². The summed E-state index contributed by atoms with van der Waals surface area (Å²) in [6.07, 6.45) is 1.27. The fraction of sp³-hybridized carbons (Fsp3) is 0.781. The van der Waals surface area contributed by atoms with Gasteiger partial charge in [0.2, 0.25) is 0 Å². The van der Waals surface area contributed by atoms with E-state index in [0.29, 0.717) is 37.4 Å². The Balaban J connectivity index is 1.42. The molecule has 1 aromatic carbocycles. The largest absolute Gasteiger partial charge is 0.424 e. The van der Waals surface area contributed by atoms with Crippen molar-refractivity contribution in [3.05, 3.63) is 24.3 Å². The van der Waals surface area contributed by atoms with E-state index >= 15 is 0 Å². The molecule has 13 atom stereocenters. The molecule has 4 N–H and O–H groups in total. The molecule has 1 heterocycles. The first-order chi connectivity index (χ1) is 20.1. The van der Waals surface area contributed by atoms with Crippen LogP contribution < -0.4 is 10.5 Å². The van der Waals surface area contributed by atoms with Crippen LogP contribution in [0, 0.1) is 34.5 Å². The zero-order valence-corrected chi connectivity index (χ0v) is 25.3. The van der Waals surface area contributed by atoms with Crippen LogP contribution in [0.15, 0.2) is 24.3 Å². The first kappa shape index (κ1) is 29.0. The summed E-state index contributed by atoms with van der Waals surface area (Å²) >= 11 is 0. The van der Waals surface area contributed by atoms with Crippen molar-refractivity contribution in [2.45, 2.75) is 80.7 Å². The van der Waals surface area contributed by atoms with Crippen molar-refractivity contribution in [2.24, 2.45) is 34.5 Å². The Bertz CT molecular complexity index is 1250. The van der Waals surface area contributed by atoms with E-state index in [1.54, 1.807) is 46.6 Å². The molecule has 5 saturated carbocycles. The number of nitrogens with zero attached hydrogens (tertiary/aromatic N) is 1. The van der Waals surface area contributed by atoms with Crippen LogP contribution in [0.25, 0.3) is 0 Å². The zero-order valence-electron chi connectivity index (χ0n) is 25.3. The van der Waals surface area contributed by atoms with E-state index in [1.165, 1.54) is 0 Å². The first-order valence-corrected chi connectivity index (χ1v) is 15.5. The van der Waals surface area contributed by atoms with Gasteiger partial charge in [0.05, 0.1) is 42.6 Å². The number of likely N-dealkylation sites (N-methyl/N-ethyl adjacent to an activating group) is 1. The molecule has 0 unspecified atom stereocenters. The minimum atomic E-state index is -1.64. The Hall–Kier alpha value is -1.79. The van der Waals surface area contributed by atoms with Crippen molar-refractivity contribution >= 4 is 11.7 Å². The predicted molar refractivity (Wildman–Crippen MR) is 153 cm³/mol. The number of carbonyl (C=O) groups excluding carboxylic acids is 1. The number of carbonyl (C=O) groups is 1. The number of rotatable bonds is 8. The first-order valence-electron chi connectivity index (χ1n) is 15.5. The number of ether oxygens (including phenoxy) is 5. The van der Waals surface area contributed by atoms with E-state index in [9.17, 15) is 15.0 Å². The normalized spacial score (nSPS) is 50.1. The molecule has 5 aliphatic carbocycles. The minimum absolute atomic E-state index is 0.0206. The summed E-state index contributed by atoms with van der Waals surface area (Å²) < 4.78 is 30.8. The molecule has 0 radical (unpaired) electrons. The Morgan fingerprint density at radius 2 is 1.86 bits per heavy atom. The van der Waals surface area contributed by atoms with Gasteiger partial charge in [-0.25, -0.2) is 0 Å². The lowest BCUT2D eigenvalue weighted by atomic mass is 9.42. The number of para-hydroxylation sites is 2. The maximum atomic E-state index is 13.8. The summed E-state index contributed by atoms with van der Waals surface area (Å²) in [7, 11) is 6.78. The maximum Gasteiger partial charge on any atom is 0.311 e. The number of hydrogen-bond donors (Lipinski definition) is 3. The molecular weight excluding hydrogens is 540 g/mol. The third-order valence-electron chi connectivity index (χ3n) is 12.9. The summed E-state index contributed by atoms with van der Waals surface area (Å²) in [5, 5.41) is 26.3. The quantitative estimate of drug-likeness (QED) is 0.236. The van der Waals surface area contributed by atoms with Gasteiger partial charge in [0.15, 0.2) is 5.75 Å². The van der Waals surface area contributed by atoms with Gasteiger partial charge in [0, 0.05) is 64.6 Å². The SMILES string of the molecule is CCN1C[C@]2(CC(=O)Oc3ccccc3N)CC[C@@H](OC)[C@@]34[C@@H]2[C@H](OC)[C@](O)([C@@H]13)[C@@]1(O)C[C@H](OC)[C@H]2C[C@H]4[C@@H]1[C@H]2OC. The average Bonchev–Trinajstić information content (AvgIpc) is 3.39. The highest BCUT2D eigenvalue weighted by atomic mass is 16.5. The van der Waals surface area contributed by atoms with Gasteiger partial charge >= 0.3 is 5.97 Å². The lowest BCUT2D eigenvalue weighted by molar-refractivity contribution is -0.319. The van der Waals surface area contributed by atoms with Crippen molar-refractivity contribution in [2.75, 3.05) is 47.3 Å². The van der Waals surface area contributed by atoms with Crippen LogP contribution >= 0.6 is 0 Å². The molecule has 0 aromatic heterocycles. The molecule has 42 heavy (non-hydrogen) atoms. The van der Waals surface area contributed by atoms with Crippen LogP contribution in [0.1, 0.15) is 39.0 Å². The lowest BCUT2D eigenvalue weighted by Crippen LogP contribution is -2.82. The second-order valence-electron chi connectivity index (χ2n) is 13.9. The summed E-state index contributed by atoms with van der Waals surface area (Å²) in [5.74, 6) is -0.498. The number of piperidine rings is 1. The Morgan fingerprint density at radius 1 is 1.10 bits per heavy atom. The number of nitrogens with two attached hydrogens (primary N) is 1. The van der Waals surface area contributed by atoms with Crippen LogP contribution in [0.3, 0.4) is 0 Å². The number of fused-ring (bicyclic) bond motifs is 2. The molecule has 1 aromatic rings. The maximum absolute atomic E-state index is 13.8. The van der Waals surface area contributed by atoms with Gasteiger partial charge in [-0.2, -0.15) is 0 Å². The summed E-state index contributed by atoms with van der Waals surface area (Å²) in [4.78, 5) is 16.1. The number of methoxy groups -OCH3 is 4. The van der Waals surface area contributed by atoms with Crippen LogP contribution in [0.4, 0.5) is 5.69 Å². The molecule has 0 amide bonds. The Labute approximate surface area is 247 Å². The number of benzene rings is 1. The third-order valence-corrected chi connectivity index (χ3v) is 12.9. The van der Waals surface area contributed by atoms with Gasteiger partial charge in [-0.3, -0.25) is 9.69 Å². The van der Waals surface area contributed by atoms with Gasteiger partial charge < -0.3 is 39.6 Å². The minimum Gasteiger partial charge on any atom is -0.424 e. The summed E-state index contributed by atoms with van der Waals surface area (Å²) in [6.45, 7) is 3.33. The van der Waals surface area contributed by atoms with Gasteiger partial charge in [-0.05, 0) is 49.3 Å². The number of esters is 1. The van der Waals surface area contributed by atoms with Crippen LogP contribution in [0.5, 0.6) is 5.75 Å². The number of anilines is 1. The molecule has 10 nitrogen and oxygen atoms in total. The van der Waals surface area contributed by atoms with Gasteiger partial charge in [-0.15, -0.1) is 0 Å². The number of nitrogen functional groups attached to an aromatic ring is 1. The molecule has 1 spiro atoms. The number of hydrogen-bond acceptors (Lipinski definition) is 10. The summed E-state index contributed by atoms with van der Waals surface area (Å²) in [5.41, 5.74) is 2.24. The van der Waals surface area contributed by atoms with Gasteiger partial charge in [-0.1, -0.05) is 19.1 Å². The van der Waals surface area contributed by atoms with Crippen molar-refractivity contribution in [3.8, 4) is 5.75 Å². The van der Waals surface area contributed by atoms with Gasteiger partial charge in [0.25, 0.3) is 0 Å². The molecule has 7 bridgehead atoms. The van der Waals surface area contributed by atoms with Gasteiger partial charge in [0.1, 0.15) is 11.2 Å². The van der Waals surface area contributed by atoms with E-state index in [2.05, 4.69) is 11.8 Å². The Kier molecular flexibility index (Phi) is 6.62. The highest BCUT2D eigenvalue weighted by Crippen LogP contribution is 2.81. The van der Waals surface area contributed by atoms with Crippen molar-refractivity contribution in [1.29, 1.82) is 0 Å². The highest BCUT2D eigenvalue weighted by Gasteiger charge is 2.91. The standard InChI is InChI=1S/C32H46N2O8/c1-6-34-16-29(15-23(35)42-20-10-8-7-9-19(20)33)12-11-22(39-3)31-18-13-17-21(38-2)14-30(36,24(18)25(17)40-4)32(37,28(31)34)27(41-5)26(29)31/h7-10,17-18,21-22,24-28,36-37H,6,11-16,33H2,1-5H3/t17-,18+,21+,22-,24-,25+,26-,27+,28+,29-,30-,31+,32+/m1/s1. The molecule has 1 aliphatic heterocycles. The van der Waals surface area contributed by atoms with Crippen molar-refractivity contribution in [1.82, 2.24) is 4.90 Å². The highest BCUT2D eigenvalue weighted by molar-refractivity contribution is 5.75. The van der Waals surface area contributed by atoms with E-state index in [1.807, 2.05) is 6.07 Å². The van der Waals surface area contributed by atoms with E-state index in [4.69, 9.17) is 29.4 Å². The smallest absolute Gasteiger partial charge is 0.311 e. The van der Waals surface area contributed by atoms with Crippen LogP contribution in [-0.2, 0) is 23.7 Å². The van der Waals surface area contributed by atoms with Crippen LogP contribution in [0.2, 0.25) is 0 Å². The molecule has 10 heteroatoms. The number of aliphatic hydroxyl groups is 2. The monoisotopic (exact) mass is 586 g/mol. The zero-order chi connectivity index (χ0) is 29.8. The summed E-state index contributed by atoms with van der Waals surface area (Å²) in [6, 6.07) is 6.62. The lowest BCUT2D eigenvalue weighted by Gasteiger charge is -2.70. The fourth-order valence-electron chi connectivity index (χ4n) is 12.1. The van der Waals surface area contributed by atoms with E-state index < -0.39 is 34.2 Å². The fourth-order valence-corrected chi connectivity index (χ4v) is 12.1. The van der Waals surface area contributed by atoms with E-state index in [-0.39, 0.29) is 54.4 Å².